The van der Waals surface area contributed by atoms with E-state index in [9.17, 15) is 0 Å². The summed E-state index contributed by atoms with van der Waals surface area (Å²) >= 11 is 0. The summed E-state index contributed by atoms with van der Waals surface area (Å²) in [4.78, 5) is 0. The second-order valence-corrected chi connectivity index (χ2v) is 4.39. The van der Waals surface area contributed by atoms with Crippen LogP contribution in [-0.2, 0) is 0 Å². The molecule has 0 aliphatic carbocycles. The number of hydrogen-bond donors (Lipinski definition) is 0. The van der Waals surface area contributed by atoms with E-state index < -0.39 is 0 Å². The van der Waals surface area contributed by atoms with Gasteiger partial charge in [0.15, 0.2) is 0 Å². The molecule has 0 saturated carbocycles. The third-order valence-corrected chi connectivity index (χ3v) is 2.67. The lowest BCUT2D eigenvalue weighted by atomic mass is 10.1. The van der Waals surface area contributed by atoms with Gasteiger partial charge in [0.1, 0.15) is 0 Å². The molecule has 0 nitrogen and oxygen atoms in total. The molecular formula is C15H28. The molecule has 0 aromatic heterocycles. The summed E-state index contributed by atoms with van der Waals surface area (Å²) in [6, 6.07) is 0. The van der Waals surface area contributed by atoms with Crippen molar-refractivity contribution in [1.82, 2.24) is 0 Å². The van der Waals surface area contributed by atoms with Gasteiger partial charge in [-0.3, -0.25) is 0 Å². The zero-order chi connectivity index (χ0) is 11.4. The van der Waals surface area contributed by atoms with Gasteiger partial charge in [-0.1, -0.05) is 69.8 Å². The number of allylic oxidation sites excluding steroid dienone is 4. The van der Waals surface area contributed by atoms with Gasteiger partial charge >= 0.3 is 0 Å². The highest BCUT2D eigenvalue weighted by atomic mass is 14.0. The summed E-state index contributed by atoms with van der Waals surface area (Å²) in [6.07, 6.45) is 17.4. The van der Waals surface area contributed by atoms with E-state index in [1.54, 1.807) is 0 Å². The average Bonchev–Trinajstić information content (AvgIpc) is 2.24. The first kappa shape index (κ1) is 14.5. The van der Waals surface area contributed by atoms with E-state index in [0.29, 0.717) is 0 Å². The Morgan fingerprint density at radius 1 is 0.933 bits per heavy atom. The fourth-order valence-corrected chi connectivity index (χ4v) is 1.56. The number of hydrogen-bond acceptors (Lipinski definition) is 0. The zero-order valence-corrected chi connectivity index (χ0v) is 10.9. The molecule has 0 unspecified atom stereocenters. The first-order valence-corrected chi connectivity index (χ1v) is 6.63. The van der Waals surface area contributed by atoms with E-state index in [1.165, 1.54) is 56.9 Å². The van der Waals surface area contributed by atoms with Gasteiger partial charge in [0, 0.05) is 0 Å². The molecule has 0 fully saturated rings. The van der Waals surface area contributed by atoms with Crippen LogP contribution in [0, 0.1) is 0 Å². The molecule has 0 heterocycles. The lowest BCUT2D eigenvalue weighted by molar-refractivity contribution is 0.664. The minimum Gasteiger partial charge on any atom is -0.0845 e. The Labute approximate surface area is 96.5 Å². The van der Waals surface area contributed by atoms with Crippen LogP contribution in [0.4, 0.5) is 0 Å². The fourth-order valence-electron chi connectivity index (χ4n) is 1.56. The van der Waals surface area contributed by atoms with Crippen molar-refractivity contribution < 1.29 is 0 Å². The second kappa shape index (κ2) is 11.6. The predicted octanol–water partition coefficient (Wildman–Crippen LogP) is 5.65. The van der Waals surface area contributed by atoms with Gasteiger partial charge in [-0.15, -0.1) is 0 Å². The largest absolute Gasteiger partial charge is 0.0845 e. The van der Waals surface area contributed by atoms with Crippen molar-refractivity contribution in [2.24, 2.45) is 0 Å². The monoisotopic (exact) mass is 208 g/mol. The highest BCUT2D eigenvalue weighted by Crippen LogP contribution is 2.09. The molecule has 0 radical (unpaired) electrons. The zero-order valence-electron chi connectivity index (χ0n) is 10.9. The molecule has 0 spiro atoms. The summed E-state index contributed by atoms with van der Waals surface area (Å²) < 4.78 is 0. The van der Waals surface area contributed by atoms with Crippen LogP contribution in [0.25, 0.3) is 0 Å². The van der Waals surface area contributed by atoms with Gasteiger partial charge in [0.05, 0.1) is 0 Å². The topological polar surface area (TPSA) is 0 Å². The van der Waals surface area contributed by atoms with E-state index in [-0.39, 0.29) is 0 Å². The first-order chi connectivity index (χ1) is 7.31. The molecule has 0 atom stereocenters. The second-order valence-electron chi connectivity index (χ2n) is 4.39. The van der Waals surface area contributed by atoms with Crippen molar-refractivity contribution in [2.75, 3.05) is 0 Å². The SMILES string of the molecule is CCCC/C=C/C=C(\C)CCCCCC. The Hall–Kier alpha value is -0.520. The van der Waals surface area contributed by atoms with Crippen molar-refractivity contribution in [2.45, 2.75) is 72.1 Å². The molecule has 0 aliphatic heterocycles. The van der Waals surface area contributed by atoms with E-state index in [2.05, 4.69) is 39.0 Å². The van der Waals surface area contributed by atoms with Crippen LogP contribution in [0.2, 0.25) is 0 Å². The van der Waals surface area contributed by atoms with Gasteiger partial charge < -0.3 is 0 Å². The standard InChI is InChI=1S/C15H28/c1-4-6-8-10-12-14-15(3)13-11-9-7-5-2/h10,12,14H,4-9,11,13H2,1-3H3/b12-10+,15-14+. The maximum atomic E-state index is 2.29. The minimum atomic E-state index is 1.23. The smallest absolute Gasteiger partial charge is 0.0320 e. The van der Waals surface area contributed by atoms with Crippen molar-refractivity contribution in [1.29, 1.82) is 0 Å². The molecule has 0 saturated heterocycles. The summed E-state index contributed by atoms with van der Waals surface area (Å²) in [5.41, 5.74) is 1.53. The van der Waals surface area contributed by atoms with Crippen molar-refractivity contribution in [3.05, 3.63) is 23.8 Å². The number of rotatable bonds is 9. The molecule has 15 heavy (non-hydrogen) atoms. The van der Waals surface area contributed by atoms with Gasteiger partial charge in [0.2, 0.25) is 0 Å². The molecule has 0 heteroatoms. The van der Waals surface area contributed by atoms with Gasteiger partial charge in [-0.05, 0) is 26.2 Å². The summed E-state index contributed by atoms with van der Waals surface area (Å²) in [5, 5.41) is 0. The van der Waals surface area contributed by atoms with Crippen molar-refractivity contribution in [3.63, 3.8) is 0 Å². The Bertz CT molecular complexity index is 174. The Balaban J connectivity index is 3.46. The van der Waals surface area contributed by atoms with Gasteiger partial charge in [-0.2, -0.15) is 0 Å². The molecule has 88 valence electrons. The summed E-state index contributed by atoms with van der Waals surface area (Å²) in [5.74, 6) is 0. The molecule has 0 N–H and O–H groups in total. The molecule has 0 amide bonds. The first-order valence-electron chi connectivity index (χ1n) is 6.63. The molecule has 0 bridgehead atoms. The molecule has 0 aromatic carbocycles. The Morgan fingerprint density at radius 2 is 1.67 bits per heavy atom. The maximum absolute atomic E-state index is 2.29. The van der Waals surface area contributed by atoms with Crippen LogP contribution < -0.4 is 0 Å². The number of unbranched alkanes of at least 4 members (excludes halogenated alkanes) is 5. The van der Waals surface area contributed by atoms with Crippen LogP contribution in [0.1, 0.15) is 72.1 Å². The summed E-state index contributed by atoms with van der Waals surface area (Å²) in [6.45, 7) is 6.75. The minimum absolute atomic E-state index is 1.23. The highest BCUT2D eigenvalue weighted by Gasteiger charge is 1.89. The summed E-state index contributed by atoms with van der Waals surface area (Å²) in [7, 11) is 0. The average molecular weight is 208 g/mol. The van der Waals surface area contributed by atoms with E-state index >= 15 is 0 Å². The van der Waals surface area contributed by atoms with Crippen molar-refractivity contribution >= 4 is 0 Å². The lowest BCUT2D eigenvalue weighted by Crippen LogP contribution is -1.79. The molecule has 0 aliphatic rings. The normalized spacial score (nSPS) is 12.6. The van der Waals surface area contributed by atoms with E-state index in [1.807, 2.05) is 0 Å². The van der Waals surface area contributed by atoms with Crippen LogP contribution in [0.5, 0.6) is 0 Å². The maximum Gasteiger partial charge on any atom is -0.0320 e. The van der Waals surface area contributed by atoms with Gasteiger partial charge in [-0.25, -0.2) is 0 Å². The molecule has 0 aromatic rings. The van der Waals surface area contributed by atoms with Crippen molar-refractivity contribution in [3.8, 4) is 0 Å². The van der Waals surface area contributed by atoms with Crippen LogP contribution in [0.3, 0.4) is 0 Å². The van der Waals surface area contributed by atoms with Crippen LogP contribution >= 0.6 is 0 Å². The molecular weight excluding hydrogens is 180 g/mol. The quantitative estimate of drug-likeness (QED) is 0.339. The Morgan fingerprint density at radius 3 is 2.33 bits per heavy atom. The van der Waals surface area contributed by atoms with Crippen LogP contribution in [0.15, 0.2) is 23.8 Å². The molecule has 0 rings (SSSR count). The third-order valence-electron chi connectivity index (χ3n) is 2.67. The highest BCUT2D eigenvalue weighted by molar-refractivity contribution is 5.10. The Kier molecular flexibility index (Phi) is 11.2. The predicted molar refractivity (Wildman–Crippen MR) is 71.2 cm³/mol. The third kappa shape index (κ3) is 11.4. The fraction of sp³-hybridized carbons (Fsp3) is 0.733. The van der Waals surface area contributed by atoms with E-state index in [4.69, 9.17) is 0 Å². The van der Waals surface area contributed by atoms with Crippen LogP contribution in [-0.4, -0.2) is 0 Å². The van der Waals surface area contributed by atoms with E-state index in [0.717, 1.165) is 0 Å². The lowest BCUT2D eigenvalue weighted by Gasteiger charge is -1.99. The van der Waals surface area contributed by atoms with Gasteiger partial charge in [0.25, 0.3) is 0 Å².